The van der Waals surface area contributed by atoms with Gasteiger partial charge in [-0.15, -0.1) is 24.0 Å². The number of nitrogens with one attached hydrogen (secondary N) is 2. The number of aliphatic hydroxyl groups excluding tert-OH is 1. The predicted octanol–water partition coefficient (Wildman–Crippen LogP) is 1.35. The normalized spacial score (nSPS) is 18.9. The summed E-state index contributed by atoms with van der Waals surface area (Å²) in [6.45, 7) is 5.15. The minimum absolute atomic E-state index is 0. The quantitative estimate of drug-likeness (QED) is 0.270. The van der Waals surface area contributed by atoms with Crippen molar-refractivity contribution in [3.8, 4) is 0 Å². The molecule has 0 aromatic carbocycles. The van der Waals surface area contributed by atoms with Gasteiger partial charge in [-0.3, -0.25) is 4.99 Å². The van der Waals surface area contributed by atoms with Crippen molar-refractivity contribution in [1.82, 2.24) is 14.9 Å². The van der Waals surface area contributed by atoms with Crippen LogP contribution in [0.4, 0.5) is 13.2 Å². The van der Waals surface area contributed by atoms with Crippen molar-refractivity contribution in [2.24, 2.45) is 16.8 Å². The Morgan fingerprint density at radius 2 is 1.88 bits per heavy atom. The van der Waals surface area contributed by atoms with Gasteiger partial charge >= 0.3 is 15.5 Å². The fourth-order valence-electron chi connectivity index (χ4n) is 2.39. The number of piperidine rings is 1. The lowest BCUT2D eigenvalue weighted by Crippen LogP contribution is -2.47. The summed E-state index contributed by atoms with van der Waals surface area (Å²) in [5.41, 5.74) is -5.24. The summed E-state index contributed by atoms with van der Waals surface area (Å²) in [4.78, 5) is 4.33. The van der Waals surface area contributed by atoms with Crippen molar-refractivity contribution in [1.29, 1.82) is 0 Å². The molecule has 0 spiro atoms. The highest BCUT2D eigenvalue weighted by Gasteiger charge is 2.50. The van der Waals surface area contributed by atoms with E-state index in [1.807, 2.05) is 13.8 Å². The Hall–Kier alpha value is -0.340. The highest BCUT2D eigenvalue weighted by molar-refractivity contribution is 14.0. The van der Waals surface area contributed by atoms with Crippen molar-refractivity contribution in [2.45, 2.75) is 32.2 Å². The molecular weight excluding hydrogens is 488 g/mol. The summed E-state index contributed by atoms with van der Waals surface area (Å²) in [5.74, 6) is 0.679. The molecule has 0 amide bonds. The highest BCUT2D eigenvalue weighted by Crippen LogP contribution is 2.30. The molecule has 1 rings (SSSR count). The average Bonchev–Trinajstić information content (AvgIpc) is 2.56. The smallest absolute Gasteiger partial charge is 0.396 e. The van der Waals surface area contributed by atoms with Crippen molar-refractivity contribution in [2.75, 3.05) is 39.3 Å². The number of alkyl halides is 3. The van der Waals surface area contributed by atoms with E-state index in [2.05, 4.69) is 15.6 Å². The number of hydrogen-bond acceptors (Lipinski definition) is 4. The van der Waals surface area contributed by atoms with Crippen LogP contribution in [0.15, 0.2) is 4.99 Å². The molecule has 1 heterocycles. The third-order valence-corrected chi connectivity index (χ3v) is 5.61. The van der Waals surface area contributed by atoms with Crippen LogP contribution in [-0.2, 0) is 10.0 Å². The van der Waals surface area contributed by atoms with E-state index in [1.165, 1.54) is 0 Å². The molecule has 1 aliphatic heterocycles. The molecule has 0 bridgehead atoms. The summed E-state index contributed by atoms with van der Waals surface area (Å²) in [6.07, 6.45) is 0.712. The van der Waals surface area contributed by atoms with E-state index in [4.69, 9.17) is 5.11 Å². The molecule has 0 aromatic heterocycles. The minimum atomic E-state index is -5.24. The Balaban J connectivity index is 0.00000625. The van der Waals surface area contributed by atoms with Crippen LogP contribution >= 0.6 is 24.0 Å². The van der Waals surface area contributed by atoms with Crippen LogP contribution in [0, 0.1) is 11.8 Å². The molecule has 12 heteroatoms. The van der Waals surface area contributed by atoms with Crippen molar-refractivity contribution in [3.63, 3.8) is 0 Å². The van der Waals surface area contributed by atoms with Crippen LogP contribution in [-0.4, -0.2) is 68.6 Å². The zero-order chi connectivity index (χ0) is 19.1. The lowest BCUT2D eigenvalue weighted by Gasteiger charge is -2.31. The molecule has 7 nitrogen and oxygen atoms in total. The number of aliphatic imine (C=N–C) groups is 1. The summed E-state index contributed by atoms with van der Waals surface area (Å²) in [7, 11) is -5.23. The Kier molecular flexibility index (Phi) is 11.3. The van der Waals surface area contributed by atoms with Crippen LogP contribution in [0.5, 0.6) is 0 Å². The molecule has 1 saturated heterocycles. The molecule has 26 heavy (non-hydrogen) atoms. The first kappa shape index (κ1) is 25.7. The van der Waals surface area contributed by atoms with E-state index in [0.717, 1.165) is 0 Å². The zero-order valence-corrected chi connectivity index (χ0v) is 18.1. The summed E-state index contributed by atoms with van der Waals surface area (Å²) < 4.78 is 60.9. The maximum atomic E-state index is 12.5. The maximum absolute atomic E-state index is 12.5. The third kappa shape index (κ3) is 7.72. The summed E-state index contributed by atoms with van der Waals surface area (Å²) in [5, 5.41) is 15.2. The van der Waals surface area contributed by atoms with Crippen molar-refractivity contribution in [3.05, 3.63) is 0 Å². The van der Waals surface area contributed by atoms with E-state index in [9.17, 15) is 21.6 Å². The number of guanidine groups is 1. The molecule has 0 saturated carbocycles. The molecule has 0 aromatic rings. The molecule has 1 unspecified atom stereocenters. The SMILES string of the molecule is CCNC(=NCC(C)CO)NCC1CCN(S(=O)(=O)C(F)(F)F)CC1.I. The summed E-state index contributed by atoms with van der Waals surface area (Å²) >= 11 is 0. The standard InChI is InChI=1S/C14H27F3N4O3S.HI/c1-3-18-13(19-8-11(2)10-22)20-9-12-4-6-21(7-5-12)25(23,24)14(15,16)17;/h11-12,22H,3-10H2,1-2H3,(H2,18,19,20);1H. The second-order valence-corrected chi connectivity index (χ2v) is 8.11. The lowest BCUT2D eigenvalue weighted by molar-refractivity contribution is -0.0496. The average molecular weight is 516 g/mol. The van der Waals surface area contributed by atoms with Crippen molar-refractivity contribution < 1.29 is 26.7 Å². The number of aliphatic hydroxyl groups is 1. The van der Waals surface area contributed by atoms with Gasteiger partial charge in [-0.05, 0) is 31.6 Å². The first-order chi connectivity index (χ1) is 11.6. The van der Waals surface area contributed by atoms with Crippen LogP contribution in [0.1, 0.15) is 26.7 Å². The number of sulfonamides is 1. The van der Waals surface area contributed by atoms with Gasteiger partial charge in [0.15, 0.2) is 5.96 Å². The Morgan fingerprint density at radius 1 is 1.31 bits per heavy atom. The second-order valence-electron chi connectivity index (χ2n) is 6.18. The van der Waals surface area contributed by atoms with Gasteiger partial charge in [0.05, 0.1) is 0 Å². The third-order valence-electron chi connectivity index (χ3n) is 3.98. The van der Waals surface area contributed by atoms with E-state index in [-0.39, 0.29) is 55.5 Å². The number of halogens is 4. The molecule has 156 valence electrons. The molecule has 1 aliphatic rings. The van der Waals surface area contributed by atoms with E-state index < -0.39 is 15.5 Å². The molecule has 1 atom stereocenters. The van der Waals surface area contributed by atoms with E-state index in [1.54, 1.807) is 0 Å². The first-order valence-corrected chi connectivity index (χ1v) is 9.75. The summed E-state index contributed by atoms with van der Waals surface area (Å²) in [6, 6.07) is 0. The van der Waals surface area contributed by atoms with E-state index in [0.29, 0.717) is 42.7 Å². The largest absolute Gasteiger partial charge is 0.511 e. The Bertz CT molecular complexity index is 538. The fraction of sp³-hybridized carbons (Fsp3) is 0.929. The minimum Gasteiger partial charge on any atom is -0.396 e. The molecule has 3 N–H and O–H groups in total. The molecular formula is C14H28F3IN4O3S. The van der Waals surface area contributed by atoms with Gasteiger partial charge in [-0.1, -0.05) is 6.92 Å². The van der Waals surface area contributed by atoms with Gasteiger partial charge in [-0.2, -0.15) is 17.5 Å². The molecule has 0 aliphatic carbocycles. The monoisotopic (exact) mass is 516 g/mol. The number of hydrogen-bond donors (Lipinski definition) is 3. The first-order valence-electron chi connectivity index (χ1n) is 8.31. The Morgan fingerprint density at radius 3 is 2.35 bits per heavy atom. The lowest BCUT2D eigenvalue weighted by atomic mass is 9.98. The predicted molar refractivity (Wildman–Crippen MR) is 105 cm³/mol. The van der Waals surface area contributed by atoms with Gasteiger partial charge in [0.25, 0.3) is 0 Å². The Labute approximate surface area is 169 Å². The number of nitrogens with zero attached hydrogens (tertiary/aromatic N) is 2. The van der Waals surface area contributed by atoms with E-state index >= 15 is 0 Å². The van der Waals surface area contributed by atoms with Gasteiger partial charge in [0, 0.05) is 39.3 Å². The van der Waals surface area contributed by atoms with Gasteiger partial charge in [0.2, 0.25) is 0 Å². The fourth-order valence-corrected chi connectivity index (χ4v) is 3.37. The maximum Gasteiger partial charge on any atom is 0.511 e. The number of rotatable bonds is 7. The van der Waals surface area contributed by atoms with Gasteiger partial charge < -0.3 is 15.7 Å². The van der Waals surface area contributed by atoms with Crippen LogP contribution in [0.2, 0.25) is 0 Å². The zero-order valence-electron chi connectivity index (χ0n) is 14.9. The van der Waals surface area contributed by atoms with Gasteiger partial charge in [-0.25, -0.2) is 8.42 Å². The van der Waals surface area contributed by atoms with Crippen LogP contribution in [0.25, 0.3) is 0 Å². The van der Waals surface area contributed by atoms with Crippen molar-refractivity contribution >= 4 is 40.0 Å². The second kappa shape index (κ2) is 11.5. The highest BCUT2D eigenvalue weighted by atomic mass is 127. The van der Waals surface area contributed by atoms with Gasteiger partial charge in [0.1, 0.15) is 0 Å². The van der Waals surface area contributed by atoms with Crippen LogP contribution in [0.3, 0.4) is 0 Å². The van der Waals surface area contributed by atoms with Crippen LogP contribution < -0.4 is 10.6 Å². The topological polar surface area (TPSA) is 94.0 Å². The molecule has 0 radical (unpaired) electrons. The molecule has 1 fully saturated rings.